The lowest BCUT2D eigenvalue weighted by Crippen LogP contribution is -2.26. The second-order valence-corrected chi connectivity index (χ2v) is 9.08. The van der Waals surface area contributed by atoms with Gasteiger partial charge in [-0.2, -0.15) is 4.37 Å². The van der Waals surface area contributed by atoms with Crippen molar-refractivity contribution < 1.29 is 9.90 Å². The molecule has 1 atom stereocenters. The van der Waals surface area contributed by atoms with Crippen molar-refractivity contribution in [1.82, 2.24) is 29.2 Å². The Kier molecular flexibility index (Phi) is 7.65. The summed E-state index contributed by atoms with van der Waals surface area (Å²) in [6.45, 7) is 4.05. The molecule has 1 unspecified atom stereocenters. The third kappa shape index (κ3) is 5.85. The molecule has 0 aliphatic heterocycles. The van der Waals surface area contributed by atoms with Crippen molar-refractivity contribution in [3.8, 4) is 5.88 Å². The number of aromatic amines is 1. The lowest BCUT2D eigenvalue weighted by Gasteiger charge is -2.11. The summed E-state index contributed by atoms with van der Waals surface area (Å²) in [6.07, 6.45) is 7.34. The Morgan fingerprint density at radius 2 is 2.19 bits per heavy atom. The minimum Gasteiger partial charge on any atom is -0.492 e. The average molecular weight is 521 g/mol. The van der Waals surface area contributed by atoms with E-state index in [0.717, 1.165) is 22.9 Å². The highest BCUT2D eigenvalue weighted by Gasteiger charge is 2.20. The minimum absolute atomic E-state index is 0.000438. The van der Waals surface area contributed by atoms with Crippen LogP contribution in [0.15, 0.2) is 48.9 Å². The zero-order valence-corrected chi connectivity index (χ0v) is 21.1. The third-order valence-corrected chi connectivity index (χ3v) is 6.22. The van der Waals surface area contributed by atoms with Gasteiger partial charge in [0, 0.05) is 54.6 Å². The van der Waals surface area contributed by atoms with E-state index >= 15 is 0 Å². The number of nitrogens with one attached hydrogen (secondary N) is 4. The molecule has 0 aromatic carbocycles. The van der Waals surface area contributed by atoms with Crippen molar-refractivity contribution in [3.05, 3.63) is 77.3 Å². The average Bonchev–Trinajstić information content (AvgIpc) is 3.59. The zero-order valence-electron chi connectivity index (χ0n) is 20.3. The Morgan fingerprint density at radius 1 is 1.38 bits per heavy atom. The molecule has 12 nitrogen and oxygen atoms in total. The molecule has 0 radical (unpaired) electrons. The molecule has 4 heterocycles. The molecule has 0 amide bonds. The van der Waals surface area contributed by atoms with Crippen LogP contribution in [0.5, 0.6) is 5.88 Å². The molecule has 37 heavy (non-hydrogen) atoms. The topological polar surface area (TPSA) is 197 Å². The molecule has 0 aliphatic rings. The van der Waals surface area contributed by atoms with Crippen LogP contribution in [0.3, 0.4) is 0 Å². The van der Waals surface area contributed by atoms with Crippen molar-refractivity contribution in [2.24, 2.45) is 11.5 Å². The Morgan fingerprint density at radius 3 is 2.92 bits per heavy atom. The second kappa shape index (κ2) is 11.1. The van der Waals surface area contributed by atoms with Crippen LogP contribution < -0.4 is 22.1 Å². The van der Waals surface area contributed by atoms with Gasteiger partial charge in [-0.1, -0.05) is 6.07 Å². The van der Waals surface area contributed by atoms with E-state index in [1.165, 1.54) is 4.57 Å². The molecule has 0 bridgehead atoms. The summed E-state index contributed by atoms with van der Waals surface area (Å²) >= 11 is 0.984. The third-order valence-electron chi connectivity index (χ3n) is 5.47. The molecular formula is C24H28N10O2S. The summed E-state index contributed by atoms with van der Waals surface area (Å²) in [7, 11) is 0. The Labute approximate surface area is 217 Å². The predicted octanol–water partition coefficient (Wildman–Crippen LogP) is 2.31. The summed E-state index contributed by atoms with van der Waals surface area (Å²) in [6, 6.07) is 6.53. The van der Waals surface area contributed by atoms with E-state index in [2.05, 4.69) is 30.0 Å². The predicted molar refractivity (Wildman–Crippen MR) is 143 cm³/mol. The number of H-pyrrole nitrogens is 1. The van der Waals surface area contributed by atoms with Gasteiger partial charge in [-0.25, -0.2) is 9.97 Å². The van der Waals surface area contributed by atoms with Crippen LogP contribution in [0.1, 0.15) is 40.1 Å². The summed E-state index contributed by atoms with van der Waals surface area (Å²) < 4.78 is 5.44. The molecule has 0 aliphatic carbocycles. The number of hydrogen-bond donors (Lipinski definition) is 7. The summed E-state index contributed by atoms with van der Waals surface area (Å²) in [5.41, 5.74) is 14.2. The Hall–Kier alpha value is -4.49. The number of amidine groups is 1. The van der Waals surface area contributed by atoms with Crippen LogP contribution >= 0.6 is 11.5 Å². The van der Waals surface area contributed by atoms with Gasteiger partial charge in [0.2, 0.25) is 5.88 Å². The molecule has 0 fully saturated rings. The van der Waals surface area contributed by atoms with Gasteiger partial charge in [-0.15, -0.1) is 0 Å². The Bertz CT molecular complexity index is 1440. The normalized spacial score (nSPS) is 12.4. The van der Waals surface area contributed by atoms with Crippen LogP contribution in [-0.2, 0) is 6.42 Å². The quantitative estimate of drug-likeness (QED) is 0.128. The smallest absolute Gasteiger partial charge is 0.280 e. The standard InChI is InChI=1S/C24H28N10O2S/c1-13(25)12-16(26)15-7-11-34(14(15)2)24(36)17-4-3-5-19(31-17)32-23-20(22(35)33-37-23)21(27)30-8-6-18-28-9-10-29-18/h3-5,7,9-13H,6,8,25-26H2,1-2H3,(H2,27,30)(H,28,29)(H,31,32)(H,33,35)/b16-12+. The number of hydrogen-bond acceptors (Lipinski definition) is 10. The number of nitrogens with two attached hydrogens (primary N) is 2. The van der Waals surface area contributed by atoms with Gasteiger partial charge in [-0.3, -0.25) is 14.8 Å². The van der Waals surface area contributed by atoms with Crippen LogP contribution in [0.25, 0.3) is 5.70 Å². The fraction of sp³-hybridized carbons (Fsp3) is 0.208. The molecule has 192 valence electrons. The number of pyridine rings is 1. The highest BCUT2D eigenvalue weighted by Crippen LogP contribution is 2.31. The lowest BCUT2D eigenvalue weighted by molar-refractivity contribution is 0.0953. The van der Waals surface area contributed by atoms with Crippen molar-refractivity contribution >= 4 is 39.8 Å². The Balaban J connectivity index is 1.49. The monoisotopic (exact) mass is 520 g/mol. The molecule has 9 N–H and O–H groups in total. The fourth-order valence-corrected chi connectivity index (χ4v) is 4.40. The highest BCUT2D eigenvalue weighted by atomic mass is 32.1. The number of nitrogens with zero attached hydrogens (tertiary/aromatic N) is 4. The number of aromatic hydroxyl groups is 1. The minimum atomic E-state index is -0.333. The zero-order chi connectivity index (χ0) is 26.5. The van der Waals surface area contributed by atoms with Crippen LogP contribution in [0, 0.1) is 12.3 Å². The van der Waals surface area contributed by atoms with Crippen LogP contribution in [0.4, 0.5) is 10.8 Å². The first-order chi connectivity index (χ1) is 17.7. The maximum absolute atomic E-state index is 13.2. The molecule has 0 saturated carbocycles. The highest BCUT2D eigenvalue weighted by molar-refractivity contribution is 7.11. The SMILES string of the molecule is Cc1c(/C(N)=C\C(C)N)ccn1C(=O)c1cccc(Nc2snc(O)c2C(=N)NCCc2ncc[nH]2)n1. The maximum atomic E-state index is 13.2. The van der Waals surface area contributed by atoms with Gasteiger partial charge in [0.1, 0.15) is 33.7 Å². The number of anilines is 2. The van der Waals surface area contributed by atoms with Crippen LogP contribution in [0.2, 0.25) is 0 Å². The van der Waals surface area contributed by atoms with Crippen molar-refractivity contribution in [1.29, 1.82) is 5.41 Å². The van der Waals surface area contributed by atoms with E-state index in [4.69, 9.17) is 16.9 Å². The summed E-state index contributed by atoms with van der Waals surface area (Å²) in [5.74, 6) is 0.541. The van der Waals surface area contributed by atoms with E-state index < -0.39 is 0 Å². The molecule has 4 aromatic heterocycles. The first-order valence-corrected chi connectivity index (χ1v) is 12.2. The van der Waals surface area contributed by atoms with Gasteiger partial charge in [0.05, 0.1) is 0 Å². The molecule has 4 aromatic rings. The molecule has 0 saturated heterocycles. The number of carbonyl (C=O) groups is 1. The van der Waals surface area contributed by atoms with Crippen molar-refractivity contribution in [3.63, 3.8) is 0 Å². The molecular weight excluding hydrogens is 492 g/mol. The lowest BCUT2D eigenvalue weighted by atomic mass is 10.1. The number of imidazole rings is 1. The first kappa shape index (κ1) is 25.6. The van der Waals surface area contributed by atoms with E-state index in [1.807, 2.05) is 6.92 Å². The second-order valence-electron chi connectivity index (χ2n) is 8.30. The van der Waals surface area contributed by atoms with Crippen molar-refractivity contribution in [2.45, 2.75) is 26.3 Å². The first-order valence-electron chi connectivity index (χ1n) is 11.4. The number of aromatic nitrogens is 5. The van der Waals surface area contributed by atoms with Gasteiger partial charge in [0.15, 0.2) is 0 Å². The van der Waals surface area contributed by atoms with Crippen molar-refractivity contribution in [2.75, 3.05) is 11.9 Å². The van der Waals surface area contributed by atoms with E-state index in [9.17, 15) is 9.90 Å². The van der Waals surface area contributed by atoms with Crippen LogP contribution in [-0.4, -0.2) is 53.3 Å². The maximum Gasteiger partial charge on any atom is 0.280 e. The summed E-state index contributed by atoms with van der Waals surface area (Å²) in [4.78, 5) is 24.8. The summed E-state index contributed by atoms with van der Waals surface area (Å²) in [5, 5.41) is 25.1. The van der Waals surface area contributed by atoms with Gasteiger partial charge in [-0.05, 0) is 49.7 Å². The van der Waals surface area contributed by atoms with Gasteiger partial charge >= 0.3 is 0 Å². The molecule has 13 heteroatoms. The number of rotatable bonds is 9. The molecule has 4 rings (SSSR count). The van der Waals surface area contributed by atoms with Gasteiger partial charge < -0.3 is 32.2 Å². The van der Waals surface area contributed by atoms with E-state index in [1.54, 1.807) is 55.9 Å². The van der Waals surface area contributed by atoms with E-state index in [0.29, 0.717) is 35.2 Å². The van der Waals surface area contributed by atoms with Gasteiger partial charge in [0.25, 0.3) is 5.91 Å². The number of carbonyl (C=O) groups excluding carboxylic acids is 1. The fourth-order valence-electron chi connectivity index (χ4n) is 3.69. The molecule has 0 spiro atoms. The largest absolute Gasteiger partial charge is 0.492 e. The van der Waals surface area contributed by atoms with E-state index in [-0.39, 0.29) is 34.9 Å².